The van der Waals surface area contributed by atoms with Crippen LogP contribution in [0.3, 0.4) is 0 Å². The zero-order valence-corrected chi connectivity index (χ0v) is 10.3. The number of halogens is 2. The average molecular weight is 256 g/mol. The summed E-state index contributed by atoms with van der Waals surface area (Å²) in [6.07, 6.45) is 3.78. The van der Waals surface area contributed by atoms with Crippen molar-refractivity contribution in [3.8, 4) is 0 Å². The van der Waals surface area contributed by atoms with Gasteiger partial charge in [-0.3, -0.25) is 4.79 Å². The number of benzene rings is 1. The molecular weight excluding hydrogens is 241 g/mol. The highest BCUT2D eigenvalue weighted by atomic mass is 35.5. The van der Waals surface area contributed by atoms with Gasteiger partial charge in [0.25, 0.3) is 0 Å². The molecule has 92 valence electrons. The summed E-state index contributed by atoms with van der Waals surface area (Å²) in [4.78, 5) is 12.0. The minimum absolute atomic E-state index is 0.0191. The quantitative estimate of drug-likeness (QED) is 0.841. The summed E-state index contributed by atoms with van der Waals surface area (Å²) in [5, 5.41) is 3.51. The molecule has 1 aromatic rings. The van der Waals surface area contributed by atoms with Crippen LogP contribution in [0.15, 0.2) is 18.2 Å². The van der Waals surface area contributed by atoms with Crippen molar-refractivity contribution in [1.29, 1.82) is 0 Å². The Balaban J connectivity index is 2.03. The molecule has 0 aromatic heterocycles. The number of carbonyl (C=O) groups excluding carboxylic acids is 1. The molecule has 17 heavy (non-hydrogen) atoms. The normalized spacial score (nSPS) is 20.2. The van der Waals surface area contributed by atoms with Crippen LogP contribution in [0.4, 0.5) is 4.39 Å². The van der Waals surface area contributed by atoms with Crippen LogP contribution in [0.1, 0.15) is 36.0 Å². The van der Waals surface area contributed by atoms with Crippen molar-refractivity contribution >= 4 is 17.4 Å². The SMILES string of the molecule is O=C(CC1CCCCN1)c1ccc(F)cc1Cl. The third-order valence-corrected chi connectivity index (χ3v) is 3.39. The maximum absolute atomic E-state index is 12.9. The van der Waals surface area contributed by atoms with Crippen LogP contribution in [0.5, 0.6) is 0 Å². The molecule has 0 amide bonds. The van der Waals surface area contributed by atoms with Gasteiger partial charge in [-0.2, -0.15) is 0 Å². The Morgan fingerprint density at radius 2 is 2.29 bits per heavy atom. The molecule has 0 radical (unpaired) electrons. The second-order valence-electron chi connectivity index (χ2n) is 4.40. The number of hydrogen-bond acceptors (Lipinski definition) is 2. The number of ketones is 1. The fraction of sp³-hybridized carbons (Fsp3) is 0.462. The van der Waals surface area contributed by atoms with E-state index in [2.05, 4.69) is 5.32 Å². The van der Waals surface area contributed by atoms with Gasteiger partial charge in [0.15, 0.2) is 5.78 Å². The van der Waals surface area contributed by atoms with E-state index in [1.165, 1.54) is 24.6 Å². The molecule has 0 bridgehead atoms. The van der Waals surface area contributed by atoms with E-state index in [9.17, 15) is 9.18 Å². The van der Waals surface area contributed by atoms with E-state index in [0.717, 1.165) is 19.4 Å². The molecular formula is C13H15ClFNO. The van der Waals surface area contributed by atoms with Crippen LogP contribution < -0.4 is 5.32 Å². The Kier molecular flexibility index (Phi) is 4.13. The van der Waals surface area contributed by atoms with E-state index in [1.807, 2.05) is 0 Å². The monoisotopic (exact) mass is 255 g/mol. The Hall–Kier alpha value is -0.930. The Labute approximate surface area is 105 Å². The van der Waals surface area contributed by atoms with E-state index in [4.69, 9.17) is 11.6 Å². The second kappa shape index (κ2) is 5.61. The summed E-state index contributed by atoms with van der Waals surface area (Å²) >= 11 is 5.86. The van der Waals surface area contributed by atoms with Gasteiger partial charge in [-0.1, -0.05) is 18.0 Å². The highest BCUT2D eigenvalue weighted by molar-refractivity contribution is 6.34. The van der Waals surface area contributed by atoms with Crippen LogP contribution in [0, 0.1) is 5.82 Å². The maximum atomic E-state index is 12.9. The molecule has 1 aliphatic rings. The van der Waals surface area contributed by atoms with Crippen LogP contribution in [0.2, 0.25) is 5.02 Å². The van der Waals surface area contributed by atoms with Gasteiger partial charge in [0, 0.05) is 18.0 Å². The van der Waals surface area contributed by atoms with Crippen molar-refractivity contribution in [3.05, 3.63) is 34.6 Å². The Morgan fingerprint density at radius 3 is 2.94 bits per heavy atom. The molecule has 1 aliphatic heterocycles. The van der Waals surface area contributed by atoms with Crippen molar-refractivity contribution in [2.24, 2.45) is 0 Å². The lowest BCUT2D eigenvalue weighted by molar-refractivity contribution is 0.0964. The summed E-state index contributed by atoms with van der Waals surface area (Å²) in [7, 11) is 0. The molecule has 0 aliphatic carbocycles. The van der Waals surface area contributed by atoms with Crippen molar-refractivity contribution in [3.63, 3.8) is 0 Å². The molecule has 2 rings (SSSR count). The summed E-state index contributed by atoms with van der Waals surface area (Å²) in [5.74, 6) is -0.434. The highest BCUT2D eigenvalue weighted by Crippen LogP contribution is 2.21. The van der Waals surface area contributed by atoms with Crippen LogP contribution >= 0.6 is 11.6 Å². The van der Waals surface area contributed by atoms with Crippen LogP contribution in [0.25, 0.3) is 0 Å². The molecule has 1 heterocycles. The number of rotatable bonds is 3. The van der Waals surface area contributed by atoms with Crippen LogP contribution in [-0.4, -0.2) is 18.4 Å². The molecule has 4 heteroatoms. The average Bonchev–Trinajstić information content (AvgIpc) is 2.30. The van der Waals surface area contributed by atoms with Gasteiger partial charge in [0.2, 0.25) is 0 Å². The zero-order valence-electron chi connectivity index (χ0n) is 9.51. The van der Waals surface area contributed by atoms with Gasteiger partial charge in [-0.05, 0) is 37.6 Å². The Morgan fingerprint density at radius 1 is 1.47 bits per heavy atom. The molecule has 1 aromatic carbocycles. The smallest absolute Gasteiger partial charge is 0.165 e. The summed E-state index contributed by atoms with van der Waals surface area (Å²) in [5.41, 5.74) is 0.417. The van der Waals surface area contributed by atoms with E-state index in [1.54, 1.807) is 0 Å². The first kappa shape index (κ1) is 12.5. The predicted molar refractivity (Wildman–Crippen MR) is 66.0 cm³/mol. The number of nitrogens with one attached hydrogen (secondary N) is 1. The van der Waals surface area contributed by atoms with Crippen molar-refractivity contribution in [2.45, 2.75) is 31.7 Å². The molecule has 1 atom stereocenters. The second-order valence-corrected chi connectivity index (χ2v) is 4.81. The molecule has 1 N–H and O–H groups in total. The fourth-order valence-corrected chi connectivity index (χ4v) is 2.42. The lowest BCUT2D eigenvalue weighted by Gasteiger charge is -2.22. The van der Waals surface area contributed by atoms with Gasteiger partial charge >= 0.3 is 0 Å². The largest absolute Gasteiger partial charge is 0.314 e. The number of Topliss-reactive ketones (excluding diaryl/α,β-unsaturated/α-hetero) is 1. The van der Waals surface area contributed by atoms with E-state index >= 15 is 0 Å². The van der Waals surface area contributed by atoms with Crippen molar-refractivity contribution in [1.82, 2.24) is 5.32 Å². The van der Waals surface area contributed by atoms with Gasteiger partial charge < -0.3 is 5.32 Å². The topological polar surface area (TPSA) is 29.1 Å². The van der Waals surface area contributed by atoms with Crippen molar-refractivity contribution in [2.75, 3.05) is 6.54 Å². The lowest BCUT2D eigenvalue weighted by atomic mass is 9.97. The first-order chi connectivity index (χ1) is 8.16. The van der Waals surface area contributed by atoms with E-state index in [-0.39, 0.29) is 16.8 Å². The van der Waals surface area contributed by atoms with E-state index in [0.29, 0.717) is 12.0 Å². The summed E-state index contributed by atoms with van der Waals surface area (Å²) < 4.78 is 12.9. The zero-order chi connectivity index (χ0) is 12.3. The molecule has 2 nitrogen and oxygen atoms in total. The third kappa shape index (κ3) is 3.27. The van der Waals surface area contributed by atoms with Gasteiger partial charge in [0.05, 0.1) is 5.02 Å². The number of carbonyl (C=O) groups is 1. The molecule has 1 saturated heterocycles. The first-order valence-corrected chi connectivity index (χ1v) is 6.26. The number of piperidine rings is 1. The van der Waals surface area contributed by atoms with Gasteiger partial charge in [0.1, 0.15) is 5.82 Å². The molecule has 0 saturated carbocycles. The standard InChI is InChI=1S/C13H15ClFNO/c14-12-7-9(15)4-5-11(12)13(17)8-10-3-1-2-6-16-10/h4-5,7,10,16H,1-3,6,8H2. The molecule has 1 unspecified atom stereocenters. The molecule has 1 fully saturated rings. The Bertz CT molecular complexity index is 416. The summed E-state index contributed by atoms with van der Waals surface area (Å²) in [6.45, 7) is 0.967. The highest BCUT2D eigenvalue weighted by Gasteiger charge is 2.19. The summed E-state index contributed by atoms with van der Waals surface area (Å²) in [6, 6.07) is 4.15. The molecule has 0 spiro atoms. The van der Waals surface area contributed by atoms with Crippen LogP contribution in [-0.2, 0) is 0 Å². The first-order valence-electron chi connectivity index (χ1n) is 5.88. The third-order valence-electron chi connectivity index (χ3n) is 3.08. The lowest BCUT2D eigenvalue weighted by Crippen LogP contribution is -2.35. The van der Waals surface area contributed by atoms with Gasteiger partial charge in [-0.15, -0.1) is 0 Å². The predicted octanol–water partition coefficient (Wildman–Crippen LogP) is 3.19. The van der Waals surface area contributed by atoms with E-state index < -0.39 is 5.82 Å². The van der Waals surface area contributed by atoms with Crippen molar-refractivity contribution < 1.29 is 9.18 Å². The number of hydrogen-bond donors (Lipinski definition) is 1. The maximum Gasteiger partial charge on any atom is 0.165 e. The minimum Gasteiger partial charge on any atom is -0.314 e. The van der Waals surface area contributed by atoms with Gasteiger partial charge in [-0.25, -0.2) is 4.39 Å². The fourth-order valence-electron chi connectivity index (χ4n) is 2.15. The minimum atomic E-state index is -0.414.